The number of carbonyl (C=O) groups excluding carboxylic acids is 1. The van der Waals surface area contributed by atoms with Crippen molar-refractivity contribution >= 4 is 5.91 Å². The number of carbonyl (C=O) groups is 1. The van der Waals surface area contributed by atoms with E-state index in [0.29, 0.717) is 19.1 Å². The van der Waals surface area contributed by atoms with Crippen LogP contribution in [0.25, 0.3) is 0 Å². The first-order valence-electron chi connectivity index (χ1n) is 8.89. The zero-order chi connectivity index (χ0) is 16.5. The second-order valence-electron chi connectivity index (χ2n) is 7.12. The minimum absolute atomic E-state index is 0.0426. The Balaban J connectivity index is 1.47. The fraction of sp³-hybridized carbons (Fsp3) is 0.765. The lowest BCUT2D eigenvalue weighted by Gasteiger charge is -2.41. The highest BCUT2D eigenvalue weighted by Gasteiger charge is 2.45. The van der Waals surface area contributed by atoms with E-state index in [4.69, 9.17) is 9.47 Å². The van der Waals surface area contributed by atoms with Crippen LogP contribution in [0, 0.1) is 11.8 Å². The fourth-order valence-corrected chi connectivity index (χ4v) is 4.28. The Bertz CT molecular complexity index is 584. The lowest BCUT2D eigenvalue weighted by atomic mass is 9.81. The minimum Gasteiger partial charge on any atom is -0.378 e. The number of ether oxygens (including phenoxy) is 2. The lowest BCUT2D eigenvalue weighted by Crippen LogP contribution is -2.54. The lowest BCUT2D eigenvalue weighted by molar-refractivity contribution is -0.146. The second kappa shape index (κ2) is 6.82. The van der Waals surface area contributed by atoms with Crippen molar-refractivity contribution < 1.29 is 14.3 Å². The third-order valence-corrected chi connectivity index (χ3v) is 5.48. The molecule has 0 aromatic carbocycles. The van der Waals surface area contributed by atoms with Crippen LogP contribution in [0.2, 0.25) is 0 Å². The van der Waals surface area contributed by atoms with Crippen LogP contribution in [0.15, 0.2) is 12.4 Å². The number of likely N-dealkylation sites (tertiary alicyclic amines) is 1. The zero-order valence-electron chi connectivity index (χ0n) is 14.3. The standard InChI is InChI=1S/C17H26N4O3/c1-19-9-13(8-18-19)10-20-11-15(14-2-5-24-16(14)12-20)17(22)21-3-6-23-7-4-21/h8-9,14-16H,2-7,10-12H2,1H3/t14-,15+,16+/m1/s1. The molecule has 3 atom stereocenters. The summed E-state index contributed by atoms with van der Waals surface area (Å²) in [5.41, 5.74) is 1.19. The monoisotopic (exact) mass is 334 g/mol. The number of aromatic nitrogens is 2. The topological polar surface area (TPSA) is 59.8 Å². The van der Waals surface area contributed by atoms with E-state index in [-0.39, 0.29) is 17.9 Å². The maximum atomic E-state index is 13.1. The highest BCUT2D eigenvalue weighted by Crippen LogP contribution is 2.35. The van der Waals surface area contributed by atoms with E-state index in [9.17, 15) is 4.79 Å². The van der Waals surface area contributed by atoms with Gasteiger partial charge in [-0.2, -0.15) is 5.10 Å². The molecule has 0 unspecified atom stereocenters. The van der Waals surface area contributed by atoms with E-state index in [0.717, 1.165) is 45.8 Å². The van der Waals surface area contributed by atoms with Gasteiger partial charge in [0.2, 0.25) is 5.91 Å². The van der Waals surface area contributed by atoms with Gasteiger partial charge >= 0.3 is 0 Å². The van der Waals surface area contributed by atoms with Crippen molar-refractivity contribution in [3.05, 3.63) is 18.0 Å². The molecule has 3 aliphatic heterocycles. The second-order valence-corrected chi connectivity index (χ2v) is 7.12. The first kappa shape index (κ1) is 16.1. The molecule has 1 aromatic heterocycles. The van der Waals surface area contributed by atoms with Gasteiger partial charge in [-0.05, 0) is 6.42 Å². The van der Waals surface area contributed by atoms with Gasteiger partial charge in [0, 0.05) is 64.1 Å². The maximum Gasteiger partial charge on any atom is 0.227 e. The molecule has 132 valence electrons. The first-order chi connectivity index (χ1) is 11.7. The predicted octanol–water partition coefficient (Wildman–Crippen LogP) is 0.116. The number of fused-ring (bicyclic) bond motifs is 1. The van der Waals surface area contributed by atoms with Crippen molar-refractivity contribution in [1.82, 2.24) is 19.6 Å². The molecule has 0 bridgehead atoms. The molecule has 4 rings (SSSR count). The molecule has 1 amide bonds. The number of aryl methyl sites for hydroxylation is 1. The van der Waals surface area contributed by atoms with Gasteiger partial charge < -0.3 is 14.4 Å². The van der Waals surface area contributed by atoms with Crippen molar-refractivity contribution in [3.8, 4) is 0 Å². The van der Waals surface area contributed by atoms with Gasteiger partial charge in [0.1, 0.15) is 0 Å². The molecule has 0 N–H and O–H groups in total. The normalized spacial score (nSPS) is 31.2. The summed E-state index contributed by atoms with van der Waals surface area (Å²) in [5, 5.41) is 4.25. The van der Waals surface area contributed by atoms with Crippen LogP contribution in [0.1, 0.15) is 12.0 Å². The number of piperidine rings is 1. The summed E-state index contributed by atoms with van der Waals surface area (Å²) in [6.07, 6.45) is 5.14. The highest BCUT2D eigenvalue weighted by molar-refractivity contribution is 5.79. The van der Waals surface area contributed by atoms with Gasteiger partial charge in [0.05, 0.1) is 31.4 Å². The van der Waals surface area contributed by atoms with E-state index in [1.54, 1.807) is 0 Å². The molecule has 0 spiro atoms. The third kappa shape index (κ3) is 3.20. The van der Waals surface area contributed by atoms with Crippen molar-refractivity contribution in [1.29, 1.82) is 0 Å². The van der Waals surface area contributed by atoms with E-state index < -0.39 is 0 Å². The van der Waals surface area contributed by atoms with Gasteiger partial charge in [-0.1, -0.05) is 0 Å². The summed E-state index contributed by atoms with van der Waals surface area (Å²) >= 11 is 0. The van der Waals surface area contributed by atoms with E-state index in [1.807, 2.05) is 29.0 Å². The summed E-state index contributed by atoms with van der Waals surface area (Å²) in [7, 11) is 1.93. The Morgan fingerprint density at radius 3 is 2.88 bits per heavy atom. The average Bonchev–Trinajstić information content (AvgIpc) is 3.23. The van der Waals surface area contributed by atoms with Crippen molar-refractivity contribution in [2.75, 3.05) is 46.0 Å². The third-order valence-electron chi connectivity index (χ3n) is 5.48. The first-order valence-corrected chi connectivity index (χ1v) is 8.89. The van der Waals surface area contributed by atoms with Crippen LogP contribution in [0.5, 0.6) is 0 Å². The number of morpholine rings is 1. The fourth-order valence-electron chi connectivity index (χ4n) is 4.28. The van der Waals surface area contributed by atoms with Crippen molar-refractivity contribution in [3.63, 3.8) is 0 Å². The largest absolute Gasteiger partial charge is 0.378 e. The number of hydrogen-bond acceptors (Lipinski definition) is 5. The van der Waals surface area contributed by atoms with Crippen molar-refractivity contribution in [2.24, 2.45) is 18.9 Å². The summed E-state index contributed by atoms with van der Waals surface area (Å²) in [4.78, 5) is 17.4. The number of hydrogen-bond donors (Lipinski definition) is 0. The molecular weight excluding hydrogens is 308 g/mol. The summed E-state index contributed by atoms with van der Waals surface area (Å²) in [5.74, 6) is 0.696. The Morgan fingerprint density at radius 1 is 1.29 bits per heavy atom. The Hall–Kier alpha value is -1.44. The smallest absolute Gasteiger partial charge is 0.227 e. The number of rotatable bonds is 3. The Labute approximate surface area is 142 Å². The molecule has 3 saturated heterocycles. The maximum absolute atomic E-state index is 13.1. The molecular formula is C17H26N4O3. The van der Waals surface area contributed by atoms with Gasteiger partial charge in [0.25, 0.3) is 0 Å². The molecule has 0 radical (unpaired) electrons. The molecule has 7 nitrogen and oxygen atoms in total. The van der Waals surface area contributed by atoms with Crippen LogP contribution in [0.4, 0.5) is 0 Å². The predicted molar refractivity (Wildman–Crippen MR) is 87.2 cm³/mol. The van der Waals surface area contributed by atoms with E-state index >= 15 is 0 Å². The van der Waals surface area contributed by atoms with E-state index in [1.165, 1.54) is 5.56 Å². The van der Waals surface area contributed by atoms with Crippen LogP contribution < -0.4 is 0 Å². The molecule has 7 heteroatoms. The quantitative estimate of drug-likeness (QED) is 0.786. The van der Waals surface area contributed by atoms with Crippen LogP contribution in [0.3, 0.4) is 0 Å². The average molecular weight is 334 g/mol. The SMILES string of the molecule is Cn1cc(CN2C[C@@H]3OCC[C@@H]3[C@@H](C(=O)N3CCOCC3)C2)cn1. The van der Waals surface area contributed by atoms with Gasteiger partial charge in [0.15, 0.2) is 0 Å². The summed E-state index contributed by atoms with van der Waals surface area (Å²) < 4.78 is 13.2. The van der Waals surface area contributed by atoms with Crippen LogP contribution in [-0.4, -0.2) is 77.6 Å². The van der Waals surface area contributed by atoms with Crippen molar-refractivity contribution in [2.45, 2.75) is 19.1 Å². The Kier molecular flexibility index (Phi) is 4.56. The molecule has 1 aromatic rings. The van der Waals surface area contributed by atoms with Gasteiger partial charge in [-0.25, -0.2) is 0 Å². The van der Waals surface area contributed by atoms with Crippen LogP contribution in [-0.2, 0) is 27.9 Å². The van der Waals surface area contributed by atoms with Gasteiger partial charge in [-0.15, -0.1) is 0 Å². The molecule has 0 saturated carbocycles. The minimum atomic E-state index is 0.0426. The van der Waals surface area contributed by atoms with Gasteiger partial charge in [-0.3, -0.25) is 14.4 Å². The van der Waals surface area contributed by atoms with E-state index in [2.05, 4.69) is 10.00 Å². The molecule has 24 heavy (non-hydrogen) atoms. The molecule has 4 heterocycles. The Morgan fingerprint density at radius 2 is 2.12 bits per heavy atom. The zero-order valence-corrected chi connectivity index (χ0v) is 14.3. The number of nitrogens with zero attached hydrogens (tertiary/aromatic N) is 4. The molecule has 3 aliphatic rings. The summed E-state index contributed by atoms with van der Waals surface area (Å²) in [6, 6.07) is 0. The molecule has 3 fully saturated rings. The summed E-state index contributed by atoms with van der Waals surface area (Å²) in [6.45, 7) is 6.08. The van der Waals surface area contributed by atoms with Crippen LogP contribution >= 0.6 is 0 Å². The number of amides is 1. The molecule has 0 aliphatic carbocycles. The highest BCUT2D eigenvalue weighted by atomic mass is 16.5.